The fraction of sp³-hybridized carbons (Fsp3) is 0.800. The Labute approximate surface area is 310 Å². The van der Waals surface area contributed by atoms with Crippen LogP contribution in [0.25, 0.3) is 0 Å². The quantitative estimate of drug-likeness (QED) is 0.0269. The van der Waals surface area contributed by atoms with Crippen LogP contribution in [0.3, 0.4) is 0 Å². The minimum Gasteiger partial charge on any atom is -0.457 e. The first-order chi connectivity index (χ1) is 22.5. The lowest BCUT2D eigenvalue weighted by molar-refractivity contribution is -0.167. The smallest absolute Gasteiger partial charge is 0.417 e. The molecule has 0 bridgehead atoms. The molecule has 8 nitrogen and oxygen atoms in total. The Hall–Kier alpha value is 0.0400. The number of alkyl halides is 2. The number of thioether (sulfide) groups is 4. The Morgan fingerprint density at radius 3 is 1.39 bits per heavy atom. The fourth-order valence-corrected chi connectivity index (χ4v) is 10.9. The second-order valence-corrected chi connectivity index (χ2v) is 17.1. The summed E-state index contributed by atoms with van der Waals surface area (Å²) in [6.45, 7) is 4.58. The van der Waals surface area contributed by atoms with Crippen LogP contribution in [-0.4, -0.2) is 76.4 Å². The summed E-state index contributed by atoms with van der Waals surface area (Å²) in [6.07, 6.45) is 14.2. The van der Waals surface area contributed by atoms with Gasteiger partial charge in [-0.05, 0) is 62.9 Å². The molecule has 2 aromatic heterocycles. The number of ether oxygens (including phenoxy) is 2. The molecule has 0 saturated heterocycles. The van der Waals surface area contributed by atoms with Crippen molar-refractivity contribution in [3.05, 3.63) is 0 Å². The number of nitrogens with zero attached hydrogens (tertiary/aromatic N) is 4. The summed E-state index contributed by atoms with van der Waals surface area (Å²) in [5.74, 6) is 1.60. The third-order valence-corrected chi connectivity index (χ3v) is 13.7. The summed E-state index contributed by atoms with van der Waals surface area (Å²) in [6, 6.07) is 0. The van der Waals surface area contributed by atoms with E-state index in [9.17, 15) is 9.59 Å². The predicted molar refractivity (Wildman–Crippen MR) is 200 cm³/mol. The van der Waals surface area contributed by atoms with Crippen molar-refractivity contribution in [2.24, 2.45) is 0 Å². The SMILES string of the molecule is CCCC(CCOC(=O)C(=O)OCCC(CCC)Sc1nsnc1SCCCCCCCl)Sc1nsnc1SCCCCCCCl. The second-order valence-electron chi connectivity index (χ2n) is 10.6. The fourth-order valence-electron chi connectivity index (χ4n) is 4.27. The molecule has 0 amide bonds. The van der Waals surface area contributed by atoms with E-state index < -0.39 is 11.9 Å². The number of unbranched alkanes of at least 4 members (excludes halogenated alkanes) is 6. The van der Waals surface area contributed by atoms with Gasteiger partial charge in [0.15, 0.2) is 0 Å². The van der Waals surface area contributed by atoms with E-state index >= 15 is 0 Å². The van der Waals surface area contributed by atoms with Crippen molar-refractivity contribution in [2.75, 3.05) is 36.5 Å². The Kier molecular flexibility index (Phi) is 25.5. The molecule has 0 aliphatic rings. The van der Waals surface area contributed by atoms with Gasteiger partial charge in [-0.25, -0.2) is 9.59 Å². The van der Waals surface area contributed by atoms with Crippen LogP contribution in [0.2, 0.25) is 0 Å². The molecule has 0 aliphatic heterocycles. The van der Waals surface area contributed by atoms with Crippen molar-refractivity contribution in [2.45, 2.75) is 134 Å². The van der Waals surface area contributed by atoms with Crippen LogP contribution in [-0.2, 0) is 19.1 Å². The highest BCUT2D eigenvalue weighted by Crippen LogP contribution is 2.36. The maximum atomic E-state index is 12.4. The van der Waals surface area contributed by atoms with Crippen molar-refractivity contribution in [3.63, 3.8) is 0 Å². The Balaban J connectivity index is 1.71. The number of hydrogen-bond acceptors (Lipinski definition) is 14. The van der Waals surface area contributed by atoms with Crippen molar-refractivity contribution in [3.8, 4) is 0 Å². The van der Waals surface area contributed by atoms with Gasteiger partial charge in [0, 0.05) is 22.3 Å². The molecular formula is C30H48Cl2N4O4S6. The van der Waals surface area contributed by atoms with Crippen LogP contribution in [0.5, 0.6) is 0 Å². The van der Waals surface area contributed by atoms with E-state index in [1.54, 1.807) is 47.0 Å². The van der Waals surface area contributed by atoms with E-state index in [2.05, 4.69) is 31.3 Å². The van der Waals surface area contributed by atoms with Crippen LogP contribution in [0.15, 0.2) is 20.1 Å². The van der Waals surface area contributed by atoms with Crippen LogP contribution >= 0.6 is 93.7 Å². The molecule has 0 aliphatic carbocycles. The summed E-state index contributed by atoms with van der Waals surface area (Å²) in [5.41, 5.74) is 0. The molecule has 2 atom stereocenters. The highest BCUT2D eigenvalue weighted by atomic mass is 35.5. The second kappa shape index (κ2) is 27.8. The molecule has 2 unspecified atom stereocenters. The summed E-state index contributed by atoms with van der Waals surface area (Å²) in [5, 5.41) is 4.26. The van der Waals surface area contributed by atoms with Gasteiger partial charge >= 0.3 is 11.9 Å². The zero-order chi connectivity index (χ0) is 33.2. The van der Waals surface area contributed by atoms with Crippen LogP contribution < -0.4 is 0 Å². The highest BCUT2D eigenvalue weighted by Gasteiger charge is 2.22. The van der Waals surface area contributed by atoms with Crippen molar-refractivity contribution in [1.29, 1.82) is 0 Å². The van der Waals surface area contributed by atoms with Gasteiger partial charge in [0.05, 0.1) is 36.7 Å². The van der Waals surface area contributed by atoms with E-state index in [0.717, 1.165) is 108 Å². The molecule has 0 saturated carbocycles. The lowest BCUT2D eigenvalue weighted by Gasteiger charge is -2.16. The Morgan fingerprint density at radius 2 is 1.00 bits per heavy atom. The zero-order valence-corrected chi connectivity index (χ0v) is 33.3. The molecule has 2 aromatic rings. The van der Waals surface area contributed by atoms with Crippen LogP contribution in [0.4, 0.5) is 0 Å². The van der Waals surface area contributed by atoms with Crippen LogP contribution in [0.1, 0.15) is 104 Å². The van der Waals surface area contributed by atoms with Gasteiger partial charge in [-0.1, -0.05) is 75.9 Å². The molecule has 0 radical (unpaired) electrons. The van der Waals surface area contributed by atoms with E-state index in [4.69, 9.17) is 32.7 Å². The van der Waals surface area contributed by atoms with E-state index in [1.807, 2.05) is 0 Å². The third-order valence-electron chi connectivity index (χ3n) is 6.68. The van der Waals surface area contributed by atoms with Crippen molar-refractivity contribution in [1.82, 2.24) is 17.5 Å². The largest absolute Gasteiger partial charge is 0.457 e. The molecule has 2 heterocycles. The van der Waals surface area contributed by atoms with Gasteiger partial charge in [0.2, 0.25) is 0 Å². The predicted octanol–water partition coefficient (Wildman–Crippen LogP) is 10.3. The van der Waals surface area contributed by atoms with E-state index in [-0.39, 0.29) is 23.7 Å². The van der Waals surface area contributed by atoms with Gasteiger partial charge in [-0.2, -0.15) is 17.5 Å². The van der Waals surface area contributed by atoms with Crippen LogP contribution in [0, 0.1) is 0 Å². The van der Waals surface area contributed by atoms with E-state index in [0.29, 0.717) is 12.8 Å². The average Bonchev–Trinajstić information content (AvgIpc) is 3.69. The topological polar surface area (TPSA) is 104 Å². The number of rotatable bonds is 28. The van der Waals surface area contributed by atoms with Gasteiger partial charge in [0.1, 0.15) is 20.1 Å². The first kappa shape index (κ1) is 42.2. The molecule has 0 N–H and O–H groups in total. The molecule has 0 fully saturated rings. The van der Waals surface area contributed by atoms with Crippen molar-refractivity contribution < 1.29 is 19.1 Å². The van der Waals surface area contributed by atoms with Crippen molar-refractivity contribution >= 4 is 106 Å². The number of carbonyl (C=O) groups is 2. The Morgan fingerprint density at radius 1 is 0.609 bits per heavy atom. The maximum absolute atomic E-state index is 12.4. The monoisotopic (exact) mass is 790 g/mol. The number of carbonyl (C=O) groups excluding carboxylic acids is 2. The molecule has 0 spiro atoms. The number of esters is 2. The first-order valence-electron chi connectivity index (χ1n) is 16.2. The molecule has 2 rings (SSSR count). The minimum atomic E-state index is -0.936. The van der Waals surface area contributed by atoms with Gasteiger partial charge in [-0.3, -0.25) is 0 Å². The first-order valence-corrected chi connectivity index (χ1v) is 22.5. The molecular weight excluding hydrogens is 744 g/mol. The average molecular weight is 792 g/mol. The van der Waals surface area contributed by atoms with Gasteiger partial charge < -0.3 is 9.47 Å². The summed E-state index contributed by atoms with van der Waals surface area (Å²) < 4.78 is 28.6. The van der Waals surface area contributed by atoms with Gasteiger partial charge in [0.25, 0.3) is 0 Å². The number of aromatic nitrogens is 4. The summed E-state index contributed by atoms with van der Waals surface area (Å²) >= 11 is 20.9. The highest BCUT2D eigenvalue weighted by molar-refractivity contribution is 8.03. The Bertz CT molecular complexity index is 1000. The lowest BCUT2D eigenvalue weighted by Crippen LogP contribution is -2.23. The van der Waals surface area contributed by atoms with Gasteiger partial charge in [-0.15, -0.1) is 46.7 Å². The maximum Gasteiger partial charge on any atom is 0.417 e. The lowest BCUT2D eigenvalue weighted by atomic mass is 10.2. The number of hydrogen-bond donors (Lipinski definition) is 0. The normalized spacial score (nSPS) is 12.7. The summed E-state index contributed by atoms with van der Waals surface area (Å²) in [4.78, 5) is 24.8. The molecule has 16 heteroatoms. The summed E-state index contributed by atoms with van der Waals surface area (Å²) in [7, 11) is 0. The minimum absolute atomic E-state index is 0.157. The molecule has 46 heavy (non-hydrogen) atoms. The van der Waals surface area contributed by atoms with E-state index in [1.165, 1.54) is 36.3 Å². The molecule has 262 valence electrons. The molecule has 0 aromatic carbocycles. The standard InChI is InChI=1S/C30H48Cl2N4O4S6/c1-3-13-23(43-27-25(33-45-35-27)41-21-11-7-5-9-17-31)15-19-39-29(37)30(38)40-20-16-24(14-4-2)44-28-26(34-46-36-28)42-22-12-8-6-10-18-32/h23-24H,3-22H2,1-2H3. The third kappa shape index (κ3) is 18.7. The number of halogens is 2. The zero-order valence-electron chi connectivity index (χ0n) is 26.9.